The Bertz CT molecular complexity index is 587. The number of nitrogens with one attached hydrogen (secondary N) is 2. The molecule has 4 nitrogen and oxygen atoms in total. The number of amides is 2. The fourth-order valence-electron chi connectivity index (χ4n) is 1.85. The molecule has 0 radical (unpaired) electrons. The maximum Gasteiger partial charge on any atom is 0.319 e. The number of fused-ring (bicyclic) bond motifs is 1. The quantitative estimate of drug-likeness (QED) is 0.791. The van der Waals surface area contributed by atoms with Crippen molar-refractivity contribution in [3.05, 3.63) is 42.5 Å². The van der Waals surface area contributed by atoms with Gasteiger partial charge in [-0.05, 0) is 25.3 Å². The summed E-state index contributed by atoms with van der Waals surface area (Å²) in [6, 6.07) is 13.5. The number of hydrogen-bond acceptors (Lipinski definition) is 2. The van der Waals surface area contributed by atoms with Crippen LogP contribution in [0.15, 0.2) is 42.5 Å². The highest BCUT2D eigenvalue weighted by molar-refractivity contribution is 6.01. The molecule has 2 aromatic rings. The van der Waals surface area contributed by atoms with Crippen molar-refractivity contribution in [2.75, 3.05) is 11.9 Å². The maximum absolute atomic E-state index is 12.0. The minimum absolute atomic E-state index is 0.244. The maximum atomic E-state index is 12.0. The lowest BCUT2D eigenvalue weighted by atomic mass is 10.1. The van der Waals surface area contributed by atoms with E-state index in [1.54, 1.807) is 0 Å². The molecule has 0 saturated heterocycles. The molecule has 0 fully saturated rings. The summed E-state index contributed by atoms with van der Waals surface area (Å²) < 4.78 is 0. The lowest BCUT2D eigenvalue weighted by molar-refractivity contribution is 0.242. The third-order valence-corrected chi connectivity index (χ3v) is 3.00. The number of carbonyl (C=O) groups is 1. The van der Waals surface area contributed by atoms with Crippen LogP contribution in [0.3, 0.4) is 0 Å². The van der Waals surface area contributed by atoms with Gasteiger partial charge in [0.05, 0.1) is 5.69 Å². The summed E-state index contributed by atoms with van der Waals surface area (Å²) >= 11 is 0. The van der Waals surface area contributed by atoms with Crippen molar-refractivity contribution in [3.63, 3.8) is 0 Å². The summed E-state index contributed by atoms with van der Waals surface area (Å²) in [5.74, 6) is 0. The smallest absolute Gasteiger partial charge is 0.319 e. The first-order valence-electron chi connectivity index (χ1n) is 6.29. The van der Waals surface area contributed by atoms with Crippen molar-refractivity contribution in [1.82, 2.24) is 5.32 Å². The van der Waals surface area contributed by atoms with Crippen molar-refractivity contribution >= 4 is 22.5 Å². The van der Waals surface area contributed by atoms with Crippen LogP contribution in [0.5, 0.6) is 0 Å². The molecule has 19 heavy (non-hydrogen) atoms. The Balaban J connectivity index is 2.20. The Morgan fingerprint density at radius 2 is 1.84 bits per heavy atom. The molecule has 4 N–H and O–H groups in total. The standard InChI is InChI=1S/C15H19N3O/c1-15(2,10-16)18-14(19)17-13-9-5-7-11-6-3-4-8-12(11)13/h3-9H,10,16H2,1-2H3,(H2,17,18,19). The van der Waals surface area contributed by atoms with Crippen molar-refractivity contribution < 1.29 is 4.79 Å². The molecule has 0 unspecified atom stereocenters. The molecule has 0 saturated carbocycles. The van der Waals surface area contributed by atoms with Crippen LogP contribution in [-0.4, -0.2) is 18.1 Å². The number of nitrogens with two attached hydrogens (primary N) is 1. The second-order valence-corrected chi connectivity index (χ2v) is 5.19. The molecule has 2 aromatic carbocycles. The van der Waals surface area contributed by atoms with E-state index in [4.69, 9.17) is 5.73 Å². The Morgan fingerprint density at radius 3 is 2.58 bits per heavy atom. The van der Waals surface area contributed by atoms with Gasteiger partial charge in [0, 0.05) is 17.5 Å². The predicted octanol–water partition coefficient (Wildman–Crippen LogP) is 2.70. The van der Waals surface area contributed by atoms with Gasteiger partial charge in [0.2, 0.25) is 0 Å². The minimum Gasteiger partial charge on any atom is -0.332 e. The van der Waals surface area contributed by atoms with E-state index in [-0.39, 0.29) is 6.03 Å². The van der Waals surface area contributed by atoms with E-state index in [0.717, 1.165) is 16.5 Å². The van der Waals surface area contributed by atoms with Crippen LogP contribution in [0, 0.1) is 0 Å². The highest BCUT2D eigenvalue weighted by Gasteiger charge is 2.18. The largest absolute Gasteiger partial charge is 0.332 e. The second-order valence-electron chi connectivity index (χ2n) is 5.19. The van der Waals surface area contributed by atoms with E-state index >= 15 is 0 Å². The number of hydrogen-bond donors (Lipinski definition) is 3. The number of rotatable bonds is 3. The average molecular weight is 257 g/mol. The van der Waals surface area contributed by atoms with Gasteiger partial charge in [-0.15, -0.1) is 0 Å². The molecule has 0 aliphatic carbocycles. The molecule has 2 amide bonds. The van der Waals surface area contributed by atoms with E-state index in [1.807, 2.05) is 56.3 Å². The first kappa shape index (κ1) is 13.4. The first-order valence-corrected chi connectivity index (χ1v) is 6.29. The Hall–Kier alpha value is -2.07. The summed E-state index contributed by atoms with van der Waals surface area (Å²) in [6.45, 7) is 4.15. The van der Waals surface area contributed by atoms with Gasteiger partial charge in [0.25, 0.3) is 0 Å². The van der Waals surface area contributed by atoms with Crippen LogP contribution in [0.1, 0.15) is 13.8 Å². The van der Waals surface area contributed by atoms with Crippen molar-refractivity contribution in [3.8, 4) is 0 Å². The zero-order valence-electron chi connectivity index (χ0n) is 11.2. The summed E-state index contributed by atoms with van der Waals surface area (Å²) in [6.07, 6.45) is 0. The Labute approximate surface area is 113 Å². The van der Waals surface area contributed by atoms with E-state index in [0.29, 0.717) is 6.54 Å². The second kappa shape index (κ2) is 5.28. The summed E-state index contributed by atoms with van der Waals surface area (Å²) in [5, 5.41) is 7.83. The summed E-state index contributed by atoms with van der Waals surface area (Å²) in [5.41, 5.74) is 5.97. The van der Waals surface area contributed by atoms with E-state index < -0.39 is 5.54 Å². The monoisotopic (exact) mass is 257 g/mol. The zero-order valence-corrected chi connectivity index (χ0v) is 11.2. The van der Waals surface area contributed by atoms with Gasteiger partial charge in [-0.2, -0.15) is 0 Å². The van der Waals surface area contributed by atoms with E-state index in [1.165, 1.54) is 0 Å². The zero-order chi connectivity index (χ0) is 13.9. The van der Waals surface area contributed by atoms with Crippen LogP contribution in [0.4, 0.5) is 10.5 Å². The molecule has 0 aromatic heterocycles. The third kappa shape index (κ3) is 3.23. The topological polar surface area (TPSA) is 67.1 Å². The number of carbonyl (C=O) groups excluding carboxylic acids is 1. The number of benzene rings is 2. The Kier molecular flexibility index (Phi) is 3.71. The van der Waals surface area contributed by atoms with Gasteiger partial charge in [-0.3, -0.25) is 0 Å². The van der Waals surface area contributed by atoms with Gasteiger partial charge in [-0.1, -0.05) is 36.4 Å². The molecule has 0 spiro atoms. The van der Waals surface area contributed by atoms with E-state index in [9.17, 15) is 4.79 Å². The van der Waals surface area contributed by atoms with E-state index in [2.05, 4.69) is 10.6 Å². The van der Waals surface area contributed by atoms with Gasteiger partial charge in [-0.25, -0.2) is 4.79 Å². The van der Waals surface area contributed by atoms with Crippen molar-refractivity contribution in [2.24, 2.45) is 5.73 Å². The first-order chi connectivity index (χ1) is 9.02. The van der Waals surface area contributed by atoms with Gasteiger partial charge in [0.1, 0.15) is 0 Å². The lowest BCUT2D eigenvalue weighted by Crippen LogP contribution is -2.50. The Morgan fingerprint density at radius 1 is 1.16 bits per heavy atom. The molecule has 0 aliphatic rings. The average Bonchev–Trinajstić information content (AvgIpc) is 2.38. The molecular weight excluding hydrogens is 238 g/mol. The van der Waals surface area contributed by atoms with Gasteiger partial charge < -0.3 is 16.4 Å². The SMILES string of the molecule is CC(C)(CN)NC(=O)Nc1cccc2ccccc12. The number of anilines is 1. The van der Waals surface area contributed by atoms with Crippen LogP contribution < -0.4 is 16.4 Å². The third-order valence-electron chi connectivity index (χ3n) is 3.00. The highest BCUT2D eigenvalue weighted by Crippen LogP contribution is 2.22. The molecular formula is C15H19N3O. The molecule has 4 heteroatoms. The van der Waals surface area contributed by atoms with Crippen molar-refractivity contribution in [1.29, 1.82) is 0 Å². The van der Waals surface area contributed by atoms with Crippen LogP contribution in [-0.2, 0) is 0 Å². The lowest BCUT2D eigenvalue weighted by Gasteiger charge is -2.24. The fraction of sp³-hybridized carbons (Fsp3) is 0.267. The van der Waals surface area contributed by atoms with Crippen LogP contribution in [0.2, 0.25) is 0 Å². The van der Waals surface area contributed by atoms with Crippen LogP contribution >= 0.6 is 0 Å². The van der Waals surface area contributed by atoms with Crippen LogP contribution in [0.25, 0.3) is 10.8 Å². The van der Waals surface area contributed by atoms with Crippen molar-refractivity contribution in [2.45, 2.75) is 19.4 Å². The molecule has 0 atom stereocenters. The molecule has 0 heterocycles. The molecule has 0 aliphatic heterocycles. The summed E-state index contributed by atoms with van der Waals surface area (Å²) in [7, 11) is 0. The predicted molar refractivity (Wildman–Crippen MR) is 79.2 cm³/mol. The number of urea groups is 1. The minimum atomic E-state index is -0.422. The molecule has 2 rings (SSSR count). The summed E-state index contributed by atoms with van der Waals surface area (Å²) in [4.78, 5) is 12.0. The normalized spacial score (nSPS) is 11.3. The molecule has 0 bridgehead atoms. The highest BCUT2D eigenvalue weighted by atomic mass is 16.2. The molecule has 100 valence electrons. The fourth-order valence-corrected chi connectivity index (χ4v) is 1.85. The van der Waals surface area contributed by atoms with Gasteiger partial charge >= 0.3 is 6.03 Å². The van der Waals surface area contributed by atoms with Gasteiger partial charge in [0.15, 0.2) is 0 Å².